The van der Waals surface area contributed by atoms with Crippen LogP contribution in [0.1, 0.15) is 43.7 Å². The highest BCUT2D eigenvalue weighted by molar-refractivity contribution is 5.76. The molecule has 1 saturated heterocycles. The lowest BCUT2D eigenvalue weighted by atomic mass is 9.91. The molecule has 2 aromatic heterocycles. The summed E-state index contributed by atoms with van der Waals surface area (Å²) in [5.74, 6) is -0.617. The fourth-order valence-electron chi connectivity index (χ4n) is 5.94. The van der Waals surface area contributed by atoms with E-state index in [-0.39, 0.29) is 23.1 Å². The average Bonchev–Trinajstić information content (AvgIpc) is 3.24. The lowest BCUT2D eigenvalue weighted by molar-refractivity contribution is 0.140. The summed E-state index contributed by atoms with van der Waals surface area (Å²) in [4.78, 5) is 34.0. The van der Waals surface area contributed by atoms with Crippen molar-refractivity contribution in [2.45, 2.75) is 50.7 Å². The van der Waals surface area contributed by atoms with Gasteiger partial charge in [-0.05, 0) is 67.0 Å². The molecule has 0 radical (unpaired) electrons. The molecule has 2 N–H and O–H groups in total. The maximum atomic E-state index is 14.2. The topological polar surface area (TPSA) is 95.4 Å². The van der Waals surface area contributed by atoms with Crippen molar-refractivity contribution in [3.8, 4) is 16.8 Å². The molecule has 3 heterocycles. The minimum atomic E-state index is -0.617. The van der Waals surface area contributed by atoms with Gasteiger partial charge in [-0.25, -0.2) is 18.7 Å². The van der Waals surface area contributed by atoms with Gasteiger partial charge in [-0.1, -0.05) is 36.4 Å². The fourth-order valence-corrected chi connectivity index (χ4v) is 5.94. The Kier molecular flexibility index (Phi) is 7.60. The molecule has 4 aromatic rings. The first-order valence-corrected chi connectivity index (χ1v) is 14.1. The van der Waals surface area contributed by atoms with Gasteiger partial charge >= 0.3 is 5.69 Å². The second-order valence-electron chi connectivity index (χ2n) is 10.9. The van der Waals surface area contributed by atoms with Crippen LogP contribution in [-0.2, 0) is 11.3 Å². The number of rotatable bonds is 5. The van der Waals surface area contributed by atoms with Crippen molar-refractivity contribution >= 4 is 11.0 Å². The van der Waals surface area contributed by atoms with Crippen molar-refractivity contribution in [1.82, 2.24) is 19.0 Å². The van der Waals surface area contributed by atoms with E-state index in [2.05, 4.69) is 34.1 Å². The van der Waals surface area contributed by atoms with Crippen molar-refractivity contribution in [2.24, 2.45) is 5.73 Å². The summed E-state index contributed by atoms with van der Waals surface area (Å²) < 4.78 is 22.5. The summed E-state index contributed by atoms with van der Waals surface area (Å²) in [7, 11) is 0. The van der Waals surface area contributed by atoms with Crippen LogP contribution in [0.3, 0.4) is 0 Å². The van der Waals surface area contributed by atoms with E-state index in [0.29, 0.717) is 18.5 Å². The fraction of sp³-hybridized carbons (Fsp3) is 0.387. The van der Waals surface area contributed by atoms with E-state index in [1.54, 1.807) is 0 Å². The predicted octanol–water partition coefficient (Wildman–Crippen LogP) is 4.02. The molecule has 6 rings (SSSR count). The van der Waals surface area contributed by atoms with Gasteiger partial charge in [0.2, 0.25) is 0 Å². The maximum absolute atomic E-state index is 14.2. The summed E-state index contributed by atoms with van der Waals surface area (Å²) in [6.45, 7) is 4.42. The third-order valence-electron chi connectivity index (χ3n) is 8.11. The van der Waals surface area contributed by atoms with E-state index >= 15 is 0 Å². The van der Waals surface area contributed by atoms with Gasteiger partial charge in [0.05, 0.1) is 23.9 Å². The number of hydrogen-bond acceptors (Lipinski definition) is 6. The molecule has 0 atom stereocenters. The summed E-state index contributed by atoms with van der Waals surface area (Å²) in [5.41, 5.74) is 8.99. The number of hydrogen-bond donors (Lipinski definition) is 1. The Morgan fingerprint density at radius 2 is 1.75 bits per heavy atom. The molecule has 0 spiro atoms. The van der Waals surface area contributed by atoms with Gasteiger partial charge in [-0.2, -0.15) is 0 Å². The van der Waals surface area contributed by atoms with Gasteiger partial charge in [-0.3, -0.25) is 14.3 Å². The Morgan fingerprint density at radius 3 is 2.55 bits per heavy atom. The molecule has 1 saturated carbocycles. The van der Waals surface area contributed by atoms with Crippen LogP contribution in [0.15, 0.2) is 70.4 Å². The highest BCUT2D eigenvalue weighted by Gasteiger charge is 2.26. The normalized spacial score (nSPS) is 20.4. The zero-order chi connectivity index (χ0) is 27.6. The van der Waals surface area contributed by atoms with Gasteiger partial charge in [0.25, 0.3) is 5.56 Å². The molecule has 1 aliphatic carbocycles. The van der Waals surface area contributed by atoms with E-state index in [1.807, 2.05) is 24.3 Å². The maximum Gasteiger partial charge on any atom is 0.337 e. The van der Waals surface area contributed by atoms with Crippen LogP contribution >= 0.6 is 0 Å². The van der Waals surface area contributed by atoms with E-state index in [0.717, 1.165) is 69.4 Å². The van der Waals surface area contributed by atoms with Gasteiger partial charge in [-0.15, -0.1) is 0 Å². The van der Waals surface area contributed by atoms with E-state index in [1.165, 1.54) is 20.8 Å². The molecule has 0 bridgehead atoms. The summed E-state index contributed by atoms with van der Waals surface area (Å²) in [6.07, 6.45) is 4.80. The van der Waals surface area contributed by atoms with Crippen LogP contribution in [0.2, 0.25) is 0 Å². The van der Waals surface area contributed by atoms with E-state index in [9.17, 15) is 14.0 Å². The van der Waals surface area contributed by atoms with Crippen molar-refractivity contribution in [3.05, 3.63) is 93.0 Å². The van der Waals surface area contributed by atoms with Crippen molar-refractivity contribution in [2.75, 3.05) is 26.3 Å². The molecule has 0 unspecified atom stereocenters. The Morgan fingerprint density at radius 1 is 0.950 bits per heavy atom. The smallest absolute Gasteiger partial charge is 0.337 e. The Hall–Kier alpha value is -3.66. The Bertz CT molecular complexity index is 1620. The number of fused-ring (bicyclic) bond motifs is 1. The van der Waals surface area contributed by atoms with Crippen molar-refractivity contribution in [3.63, 3.8) is 0 Å². The van der Waals surface area contributed by atoms with Gasteiger partial charge < -0.3 is 10.5 Å². The van der Waals surface area contributed by atoms with Crippen LogP contribution in [0.4, 0.5) is 4.39 Å². The van der Waals surface area contributed by atoms with Crippen molar-refractivity contribution < 1.29 is 9.13 Å². The largest absolute Gasteiger partial charge is 0.380 e. The number of nitrogens with two attached hydrogens (primary N) is 1. The van der Waals surface area contributed by atoms with Crippen LogP contribution in [0, 0.1) is 5.82 Å². The molecule has 8 nitrogen and oxygen atoms in total. The molecule has 2 aromatic carbocycles. The van der Waals surface area contributed by atoms with Crippen LogP contribution < -0.4 is 17.0 Å². The van der Waals surface area contributed by atoms with Gasteiger partial charge in [0.15, 0.2) is 5.65 Å². The molecule has 9 heteroatoms. The Balaban J connectivity index is 1.38. The quantitative estimate of drug-likeness (QED) is 0.409. The van der Waals surface area contributed by atoms with Crippen LogP contribution in [0.5, 0.6) is 0 Å². The second-order valence-corrected chi connectivity index (χ2v) is 10.9. The molecule has 0 amide bonds. The molecule has 208 valence electrons. The number of halogens is 1. The SMILES string of the molecule is NC1CCC(n2c(=O)c3cc(F)cnc3n(-c3cccc(-c4ccc(CN5CCCOCC5)cc4)c3)c2=O)CC1. The van der Waals surface area contributed by atoms with E-state index in [4.69, 9.17) is 10.5 Å². The predicted molar refractivity (Wildman–Crippen MR) is 153 cm³/mol. The van der Waals surface area contributed by atoms with Crippen molar-refractivity contribution in [1.29, 1.82) is 0 Å². The second kappa shape index (κ2) is 11.4. The highest BCUT2D eigenvalue weighted by Crippen LogP contribution is 2.27. The molecular weight excluding hydrogens is 509 g/mol. The number of benzene rings is 2. The number of aromatic nitrogens is 3. The summed E-state index contributed by atoms with van der Waals surface area (Å²) >= 11 is 0. The minimum Gasteiger partial charge on any atom is -0.380 e. The third-order valence-corrected chi connectivity index (χ3v) is 8.11. The standard InChI is InChI=1S/C31H34FN5O3/c32-24-18-28-29(34-19-24)36(31(39)37(30(28)38)26-11-9-25(33)10-12-26)27-4-1-3-23(17-27)22-7-5-21(6-8-22)20-35-13-2-15-40-16-14-35/h1,3-8,17-19,25-26H,2,9-16,20,33H2. The molecule has 1 aliphatic heterocycles. The van der Waals surface area contributed by atoms with Crippen LogP contribution in [0.25, 0.3) is 27.8 Å². The first-order valence-electron chi connectivity index (χ1n) is 14.1. The first-order chi connectivity index (χ1) is 19.5. The minimum absolute atomic E-state index is 0.0650. The lowest BCUT2D eigenvalue weighted by Crippen LogP contribution is -2.44. The third kappa shape index (κ3) is 5.37. The lowest BCUT2D eigenvalue weighted by Gasteiger charge is -2.28. The zero-order valence-corrected chi connectivity index (χ0v) is 22.5. The Labute approximate surface area is 231 Å². The number of nitrogens with zero attached hydrogens (tertiary/aromatic N) is 4. The molecule has 2 aliphatic rings. The van der Waals surface area contributed by atoms with Gasteiger partial charge in [0, 0.05) is 38.3 Å². The number of pyridine rings is 1. The monoisotopic (exact) mass is 543 g/mol. The molecule has 40 heavy (non-hydrogen) atoms. The average molecular weight is 544 g/mol. The van der Waals surface area contributed by atoms with E-state index < -0.39 is 17.1 Å². The molecule has 2 fully saturated rings. The van der Waals surface area contributed by atoms with Crippen LogP contribution in [-0.4, -0.2) is 51.4 Å². The number of ether oxygens (including phenoxy) is 1. The highest BCUT2D eigenvalue weighted by atomic mass is 19.1. The first kappa shape index (κ1) is 26.6. The van der Waals surface area contributed by atoms with Gasteiger partial charge in [0.1, 0.15) is 5.82 Å². The summed E-state index contributed by atoms with van der Waals surface area (Å²) in [6, 6.07) is 17.0. The summed E-state index contributed by atoms with van der Waals surface area (Å²) in [5, 5.41) is 0.0862. The zero-order valence-electron chi connectivity index (χ0n) is 22.5. The molecular formula is C31H34FN5O3.